The molecular weight excluding hydrogens is 318 g/mol. The molecule has 7 nitrogen and oxygen atoms in total. The van der Waals surface area contributed by atoms with E-state index < -0.39 is 0 Å². The summed E-state index contributed by atoms with van der Waals surface area (Å²) in [5.74, 6) is 1.28. The van der Waals surface area contributed by atoms with E-state index in [1.165, 1.54) is 0 Å². The van der Waals surface area contributed by atoms with Crippen LogP contribution in [-0.2, 0) is 16.1 Å². The topological polar surface area (TPSA) is 91.0 Å². The van der Waals surface area contributed by atoms with Crippen molar-refractivity contribution in [2.24, 2.45) is 5.92 Å². The molecule has 2 heterocycles. The first-order chi connectivity index (χ1) is 12.2. The van der Waals surface area contributed by atoms with Crippen LogP contribution in [-0.4, -0.2) is 44.5 Å². The Morgan fingerprint density at radius 3 is 2.80 bits per heavy atom. The predicted molar refractivity (Wildman–Crippen MR) is 91.1 cm³/mol. The van der Waals surface area contributed by atoms with E-state index in [-0.39, 0.29) is 17.7 Å². The molecule has 2 N–H and O–H groups in total. The van der Waals surface area contributed by atoms with Crippen molar-refractivity contribution < 1.29 is 9.59 Å². The van der Waals surface area contributed by atoms with Crippen LogP contribution in [0.4, 0.5) is 0 Å². The number of H-pyrrole nitrogens is 1. The molecule has 0 unspecified atom stereocenters. The molecule has 0 bridgehead atoms. The zero-order valence-corrected chi connectivity index (χ0v) is 13.9. The second-order valence-electron chi connectivity index (χ2n) is 6.70. The molecule has 4 rings (SSSR count). The summed E-state index contributed by atoms with van der Waals surface area (Å²) in [4.78, 5) is 30.7. The summed E-state index contributed by atoms with van der Waals surface area (Å²) in [6.45, 7) is 0.855. The van der Waals surface area contributed by atoms with Crippen LogP contribution < -0.4 is 5.32 Å². The molecule has 1 aliphatic carbocycles. The molecular formula is C18H21N5O2. The second-order valence-corrected chi connectivity index (χ2v) is 6.70. The van der Waals surface area contributed by atoms with Gasteiger partial charge in [-0.15, -0.1) is 0 Å². The fraction of sp³-hybridized carbons (Fsp3) is 0.444. The minimum atomic E-state index is -0.130. The largest absolute Gasteiger partial charge is 0.349 e. The number of hydrogen-bond donors (Lipinski definition) is 2. The molecule has 1 aromatic heterocycles. The molecule has 1 aliphatic heterocycles. The van der Waals surface area contributed by atoms with Crippen LogP contribution in [0.5, 0.6) is 0 Å². The van der Waals surface area contributed by atoms with Gasteiger partial charge in [0.1, 0.15) is 5.82 Å². The lowest BCUT2D eigenvalue weighted by molar-refractivity contribution is -0.138. The lowest BCUT2D eigenvalue weighted by Crippen LogP contribution is -2.46. The van der Waals surface area contributed by atoms with Gasteiger partial charge in [0.15, 0.2) is 5.82 Å². The molecule has 1 aromatic carbocycles. The van der Waals surface area contributed by atoms with E-state index in [1.54, 1.807) is 0 Å². The van der Waals surface area contributed by atoms with Gasteiger partial charge in [-0.1, -0.05) is 30.3 Å². The number of aromatic amines is 1. The highest BCUT2D eigenvalue weighted by Crippen LogP contribution is 2.31. The number of piperidine rings is 1. The Morgan fingerprint density at radius 1 is 1.24 bits per heavy atom. The van der Waals surface area contributed by atoms with Gasteiger partial charge in [-0.2, -0.15) is 5.10 Å². The van der Waals surface area contributed by atoms with Gasteiger partial charge < -0.3 is 10.2 Å². The molecule has 25 heavy (non-hydrogen) atoms. The average molecular weight is 339 g/mol. The average Bonchev–Trinajstić information content (AvgIpc) is 3.38. The number of benzene rings is 1. The molecule has 2 fully saturated rings. The molecule has 1 atom stereocenters. The number of carbonyl (C=O) groups excluding carboxylic acids is 2. The summed E-state index contributed by atoms with van der Waals surface area (Å²) in [6, 6.07) is 10.1. The Kier molecular flexibility index (Phi) is 4.21. The van der Waals surface area contributed by atoms with Crippen molar-refractivity contribution in [1.82, 2.24) is 25.4 Å². The number of carbonyl (C=O) groups is 2. The first kappa shape index (κ1) is 15.8. The normalized spacial score (nSPS) is 20.6. The van der Waals surface area contributed by atoms with Crippen LogP contribution in [0.3, 0.4) is 0 Å². The second kappa shape index (κ2) is 6.66. The van der Waals surface area contributed by atoms with E-state index >= 15 is 0 Å². The lowest BCUT2D eigenvalue weighted by Gasteiger charge is -2.31. The van der Waals surface area contributed by atoms with Crippen LogP contribution in [0.25, 0.3) is 11.4 Å². The van der Waals surface area contributed by atoms with Crippen LogP contribution in [0.15, 0.2) is 30.3 Å². The number of amides is 2. The Hall–Kier alpha value is -2.70. The van der Waals surface area contributed by atoms with Gasteiger partial charge in [-0.25, -0.2) is 4.98 Å². The third-order valence-corrected chi connectivity index (χ3v) is 4.80. The Labute approximate surface area is 145 Å². The molecule has 1 saturated carbocycles. The maximum absolute atomic E-state index is 12.4. The molecule has 1 saturated heterocycles. The number of hydrogen-bond acceptors (Lipinski definition) is 4. The number of aromatic nitrogens is 3. The number of nitrogens with zero attached hydrogens (tertiary/aromatic N) is 3. The zero-order chi connectivity index (χ0) is 17.2. The van der Waals surface area contributed by atoms with Crippen molar-refractivity contribution in [3.63, 3.8) is 0 Å². The smallest absolute Gasteiger partial charge is 0.225 e. The Morgan fingerprint density at radius 2 is 2.04 bits per heavy atom. The van der Waals surface area contributed by atoms with Gasteiger partial charge in [0, 0.05) is 24.6 Å². The van der Waals surface area contributed by atoms with Gasteiger partial charge in [0.2, 0.25) is 11.8 Å². The Bertz CT molecular complexity index is 769. The molecule has 2 aliphatic rings. The van der Waals surface area contributed by atoms with Crippen LogP contribution in [0, 0.1) is 5.92 Å². The molecule has 0 radical (unpaired) electrons. The van der Waals surface area contributed by atoms with Gasteiger partial charge in [0.05, 0.1) is 12.5 Å². The molecule has 7 heteroatoms. The van der Waals surface area contributed by atoms with Crippen molar-refractivity contribution in [3.05, 3.63) is 36.2 Å². The highest BCUT2D eigenvalue weighted by atomic mass is 16.2. The summed E-state index contributed by atoms with van der Waals surface area (Å²) in [5.41, 5.74) is 0.933. The number of rotatable bonds is 5. The standard InChI is InChI=1S/C18H21N5O2/c24-16-9-6-13(11-23(16)14-7-8-14)18(25)19-10-15-20-17(22-21-15)12-4-2-1-3-5-12/h1-5,13-14H,6-11H2,(H,19,25)(H,20,21,22)/t13-/m0/s1. The third kappa shape index (κ3) is 3.55. The fourth-order valence-electron chi connectivity index (χ4n) is 3.23. The fourth-order valence-corrected chi connectivity index (χ4v) is 3.23. The number of likely N-dealkylation sites (tertiary alicyclic amines) is 1. The van der Waals surface area contributed by atoms with Crippen molar-refractivity contribution in [2.45, 2.75) is 38.3 Å². The summed E-state index contributed by atoms with van der Waals surface area (Å²) < 4.78 is 0. The summed E-state index contributed by atoms with van der Waals surface area (Å²) >= 11 is 0. The van der Waals surface area contributed by atoms with E-state index in [0.717, 1.165) is 18.4 Å². The van der Waals surface area contributed by atoms with Crippen LogP contribution in [0.1, 0.15) is 31.5 Å². The monoisotopic (exact) mass is 339 g/mol. The van der Waals surface area contributed by atoms with Crippen LogP contribution >= 0.6 is 0 Å². The summed E-state index contributed by atoms with van der Waals surface area (Å²) in [5, 5.41) is 9.97. The van der Waals surface area contributed by atoms with Gasteiger partial charge >= 0.3 is 0 Å². The quantitative estimate of drug-likeness (QED) is 0.863. The molecule has 2 aromatic rings. The lowest BCUT2D eigenvalue weighted by atomic mass is 9.96. The predicted octanol–water partition coefficient (Wildman–Crippen LogP) is 1.49. The SMILES string of the molecule is O=C(NCc1nc(-c2ccccc2)n[nH]1)[C@H]1CCC(=O)N(C2CC2)C1. The van der Waals surface area contributed by atoms with Gasteiger partial charge in [-0.3, -0.25) is 14.7 Å². The van der Waals surface area contributed by atoms with E-state index in [0.29, 0.717) is 43.6 Å². The van der Waals surface area contributed by atoms with Gasteiger partial charge in [-0.05, 0) is 19.3 Å². The summed E-state index contributed by atoms with van der Waals surface area (Å²) in [7, 11) is 0. The first-order valence-corrected chi connectivity index (χ1v) is 8.74. The van der Waals surface area contributed by atoms with Crippen molar-refractivity contribution in [3.8, 4) is 11.4 Å². The molecule has 130 valence electrons. The molecule has 2 amide bonds. The van der Waals surface area contributed by atoms with E-state index in [4.69, 9.17) is 0 Å². The minimum absolute atomic E-state index is 0.0178. The first-order valence-electron chi connectivity index (χ1n) is 8.74. The highest BCUT2D eigenvalue weighted by molar-refractivity contribution is 5.84. The Balaban J connectivity index is 1.33. The van der Waals surface area contributed by atoms with Crippen molar-refractivity contribution in [2.75, 3.05) is 6.54 Å². The van der Waals surface area contributed by atoms with E-state index in [2.05, 4.69) is 20.5 Å². The maximum atomic E-state index is 12.4. The van der Waals surface area contributed by atoms with E-state index in [9.17, 15) is 9.59 Å². The maximum Gasteiger partial charge on any atom is 0.225 e. The van der Waals surface area contributed by atoms with E-state index in [1.807, 2.05) is 35.2 Å². The zero-order valence-electron chi connectivity index (χ0n) is 13.9. The minimum Gasteiger partial charge on any atom is -0.349 e. The van der Waals surface area contributed by atoms with Crippen molar-refractivity contribution >= 4 is 11.8 Å². The number of nitrogens with one attached hydrogen (secondary N) is 2. The highest BCUT2D eigenvalue weighted by Gasteiger charge is 2.38. The van der Waals surface area contributed by atoms with Gasteiger partial charge in [0.25, 0.3) is 0 Å². The summed E-state index contributed by atoms with van der Waals surface area (Å²) in [6.07, 6.45) is 3.23. The van der Waals surface area contributed by atoms with Crippen molar-refractivity contribution in [1.29, 1.82) is 0 Å². The molecule has 0 spiro atoms. The third-order valence-electron chi connectivity index (χ3n) is 4.80. The van der Waals surface area contributed by atoms with Crippen LogP contribution in [0.2, 0.25) is 0 Å².